The minimum Gasteiger partial charge on any atom is -0.494 e. The third-order valence-electron chi connectivity index (χ3n) is 6.73. The highest BCUT2D eigenvalue weighted by atomic mass is 19.1. The monoisotopic (exact) mass is 532 g/mol. The number of aromatic nitrogens is 1. The fourth-order valence-electron chi connectivity index (χ4n) is 5.00. The highest BCUT2D eigenvalue weighted by Gasteiger charge is 2.26. The van der Waals surface area contributed by atoms with E-state index in [-0.39, 0.29) is 11.6 Å². The van der Waals surface area contributed by atoms with Crippen molar-refractivity contribution in [3.8, 4) is 28.4 Å². The molecule has 2 heterocycles. The molecule has 0 bridgehead atoms. The molecule has 0 spiro atoms. The maximum atomic E-state index is 14.0. The van der Waals surface area contributed by atoms with E-state index in [2.05, 4.69) is 18.7 Å². The van der Waals surface area contributed by atoms with Crippen molar-refractivity contribution < 1.29 is 23.4 Å². The van der Waals surface area contributed by atoms with Crippen LogP contribution in [0.4, 0.5) is 4.39 Å². The molecule has 39 heavy (non-hydrogen) atoms. The van der Waals surface area contributed by atoms with Crippen LogP contribution >= 0.6 is 0 Å². The van der Waals surface area contributed by atoms with Crippen LogP contribution in [0, 0.1) is 5.82 Å². The highest BCUT2D eigenvalue weighted by Crippen LogP contribution is 2.41. The summed E-state index contributed by atoms with van der Waals surface area (Å²) in [4.78, 5) is 16.5. The summed E-state index contributed by atoms with van der Waals surface area (Å²) in [6, 6.07) is 17.0. The van der Waals surface area contributed by atoms with Crippen LogP contribution in [-0.2, 0) is 0 Å². The molecule has 7 heteroatoms. The van der Waals surface area contributed by atoms with Gasteiger partial charge in [-0.1, -0.05) is 32.0 Å². The Balaban J connectivity index is 1.63. The second kappa shape index (κ2) is 13.3. The zero-order chi connectivity index (χ0) is 27.8. The van der Waals surface area contributed by atoms with Gasteiger partial charge in [-0.3, -0.25) is 4.79 Å². The van der Waals surface area contributed by atoms with Gasteiger partial charge in [0.1, 0.15) is 11.5 Å². The summed E-state index contributed by atoms with van der Waals surface area (Å²) in [6.45, 7) is 8.11. The number of hydrogen-bond acceptors (Lipinski definition) is 5. The summed E-state index contributed by atoms with van der Waals surface area (Å²) in [7, 11) is 3.14. The lowest BCUT2D eigenvalue weighted by Gasteiger charge is -2.21. The van der Waals surface area contributed by atoms with Crippen molar-refractivity contribution in [2.45, 2.75) is 33.1 Å². The molecular weight excluding hydrogens is 495 g/mol. The highest BCUT2D eigenvalue weighted by molar-refractivity contribution is 6.14. The van der Waals surface area contributed by atoms with E-state index in [9.17, 15) is 9.18 Å². The first kappa shape index (κ1) is 28.2. The van der Waals surface area contributed by atoms with Gasteiger partial charge in [0.25, 0.3) is 0 Å². The van der Waals surface area contributed by atoms with E-state index in [1.165, 1.54) is 12.1 Å². The average Bonchev–Trinajstić information content (AvgIpc) is 3.29. The maximum absolute atomic E-state index is 14.0. The Morgan fingerprint density at radius 2 is 1.64 bits per heavy atom. The van der Waals surface area contributed by atoms with Crippen LogP contribution in [0.25, 0.3) is 16.6 Å². The molecule has 0 saturated heterocycles. The third kappa shape index (κ3) is 6.25. The van der Waals surface area contributed by atoms with Crippen LogP contribution in [0.2, 0.25) is 0 Å². The number of rotatable bonds is 14. The SMILES string of the molecule is CCCN(CCC)CCCOc1ccc(C(=O)c2c(-c3ccc(F)cc3)c(OC)c3ccccn23)cc1OC. The smallest absolute Gasteiger partial charge is 0.210 e. The van der Waals surface area contributed by atoms with E-state index in [1.54, 1.807) is 44.6 Å². The predicted molar refractivity (Wildman–Crippen MR) is 153 cm³/mol. The van der Waals surface area contributed by atoms with Gasteiger partial charge in [0, 0.05) is 18.3 Å². The molecule has 0 aliphatic heterocycles. The molecule has 0 aliphatic rings. The maximum Gasteiger partial charge on any atom is 0.210 e. The van der Waals surface area contributed by atoms with E-state index in [1.807, 2.05) is 28.8 Å². The van der Waals surface area contributed by atoms with E-state index in [0.717, 1.165) is 44.4 Å². The van der Waals surface area contributed by atoms with Gasteiger partial charge < -0.3 is 23.5 Å². The average molecular weight is 533 g/mol. The first-order valence-electron chi connectivity index (χ1n) is 13.5. The van der Waals surface area contributed by atoms with Crippen molar-refractivity contribution in [2.75, 3.05) is 40.5 Å². The van der Waals surface area contributed by atoms with Crippen molar-refractivity contribution in [3.63, 3.8) is 0 Å². The lowest BCUT2D eigenvalue weighted by atomic mass is 9.99. The number of ketones is 1. The number of benzene rings is 2. The Labute approximate surface area is 229 Å². The Kier molecular flexibility index (Phi) is 9.60. The molecule has 4 rings (SSSR count). The second-order valence-electron chi connectivity index (χ2n) is 9.46. The van der Waals surface area contributed by atoms with Crippen LogP contribution in [0.15, 0.2) is 66.9 Å². The lowest BCUT2D eigenvalue weighted by Crippen LogP contribution is -2.27. The largest absolute Gasteiger partial charge is 0.494 e. The van der Waals surface area contributed by atoms with Gasteiger partial charge in [-0.25, -0.2) is 4.39 Å². The van der Waals surface area contributed by atoms with Crippen molar-refractivity contribution in [1.82, 2.24) is 9.30 Å². The Morgan fingerprint density at radius 1 is 0.897 bits per heavy atom. The second-order valence-corrected chi connectivity index (χ2v) is 9.46. The summed E-state index contributed by atoms with van der Waals surface area (Å²) in [5.41, 5.74) is 2.92. The van der Waals surface area contributed by atoms with E-state index < -0.39 is 0 Å². The molecule has 4 aromatic rings. The van der Waals surface area contributed by atoms with Gasteiger partial charge in [-0.15, -0.1) is 0 Å². The molecular formula is C32H37FN2O4. The van der Waals surface area contributed by atoms with Crippen molar-refractivity contribution in [2.24, 2.45) is 0 Å². The fraction of sp³-hybridized carbons (Fsp3) is 0.344. The van der Waals surface area contributed by atoms with Crippen LogP contribution in [0.5, 0.6) is 17.2 Å². The number of hydrogen-bond donors (Lipinski definition) is 0. The molecule has 206 valence electrons. The predicted octanol–water partition coefficient (Wildman–Crippen LogP) is 6.88. The van der Waals surface area contributed by atoms with Gasteiger partial charge in [-0.05, 0) is 80.4 Å². The number of ether oxygens (including phenoxy) is 3. The summed E-state index contributed by atoms with van der Waals surface area (Å²) in [5, 5.41) is 0. The fourth-order valence-corrected chi connectivity index (χ4v) is 5.00. The van der Waals surface area contributed by atoms with Gasteiger partial charge >= 0.3 is 0 Å². The Morgan fingerprint density at radius 3 is 2.31 bits per heavy atom. The number of carbonyl (C=O) groups is 1. The van der Waals surface area contributed by atoms with Gasteiger partial charge in [0.05, 0.1) is 31.9 Å². The van der Waals surface area contributed by atoms with Crippen molar-refractivity contribution in [3.05, 3.63) is 83.9 Å². The van der Waals surface area contributed by atoms with Crippen LogP contribution in [0.3, 0.4) is 0 Å². The Bertz CT molecular complexity index is 1390. The molecule has 0 amide bonds. The lowest BCUT2D eigenvalue weighted by molar-refractivity contribution is 0.103. The van der Waals surface area contributed by atoms with Crippen molar-refractivity contribution in [1.29, 1.82) is 0 Å². The van der Waals surface area contributed by atoms with Gasteiger partial charge in [0.2, 0.25) is 5.78 Å². The Hall–Kier alpha value is -3.84. The molecule has 0 N–H and O–H groups in total. The van der Waals surface area contributed by atoms with Gasteiger partial charge in [0.15, 0.2) is 17.2 Å². The zero-order valence-electron chi connectivity index (χ0n) is 23.2. The van der Waals surface area contributed by atoms with Crippen LogP contribution < -0.4 is 14.2 Å². The van der Waals surface area contributed by atoms with Crippen LogP contribution in [0.1, 0.15) is 49.2 Å². The van der Waals surface area contributed by atoms with E-state index in [0.29, 0.717) is 46.2 Å². The molecule has 2 aromatic heterocycles. The number of nitrogens with zero attached hydrogens (tertiary/aromatic N) is 2. The molecule has 0 saturated carbocycles. The topological polar surface area (TPSA) is 52.4 Å². The first-order chi connectivity index (χ1) is 19.0. The normalized spacial score (nSPS) is 11.2. The first-order valence-corrected chi connectivity index (χ1v) is 13.5. The minimum absolute atomic E-state index is 0.210. The third-order valence-corrected chi connectivity index (χ3v) is 6.73. The molecule has 0 fully saturated rings. The summed E-state index contributed by atoms with van der Waals surface area (Å²) in [5.74, 6) is 1.09. The number of fused-ring (bicyclic) bond motifs is 1. The van der Waals surface area contributed by atoms with Crippen molar-refractivity contribution >= 4 is 11.3 Å². The summed E-state index contributed by atoms with van der Waals surface area (Å²) >= 11 is 0. The van der Waals surface area contributed by atoms with E-state index in [4.69, 9.17) is 14.2 Å². The minimum atomic E-state index is -0.349. The molecule has 0 aliphatic carbocycles. The number of halogens is 1. The number of methoxy groups -OCH3 is 2. The number of carbonyl (C=O) groups excluding carboxylic acids is 1. The molecule has 0 atom stereocenters. The molecule has 6 nitrogen and oxygen atoms in total. The molecule has 0 unspecified atom stereocenters. The standard InChI is InChI=1S/C32H37FN2O4/c1-5-17-34(18-6-2)19-9-21-39-27-16-13-24(22-28(27)37-3)31(36)30-29(23-11-14-25(33)15-12-23)32(38-4)26-10-7-8-20-35(26)30/h7-8,10-16,20,22H,5-6,9,17-19,21H2,1-4H3. The number of pyridine rings is 1. The molecule has 2 aromatic carbocycles. The quantitative estimate of drug-likeness (QED) is 0.131. The summed E-state index contributed by atoms with van der Waals surface area (Å²) in [6.07, 6.45) is 5.00. The van der Waals surface area contributed by atoms with Crippen LogP contribution in [-0.4, -0.2) is 55.5 Å². The van der Waals surface area contributed by atoms with Gasteiger partial charge in [-0.2, -0.15) is 0 Å². The van der Waals surface area contributed by atoms with E-state index >= 15 is 0 Å². The summed E-state index contributed by atoms with van der Waals surface area (Å²) < 4.78 is 33.0. The molecule has 0 radical (unpaired) electrons. The zero-order valence-corrected chi connectivity index (χ0v) is 23.2.